The van der Waals surface area contributed by atoms with Crippen molar-refractivity contribution in [2.75, 3.05) is 0 Å². The molecule has 66 valence electrons. The van der Waals surface area contributed by atoms with Crippen LogP contribution in [0.2, 0.25) is 0 Å². The van der Waals surface area contributed by atoms with E-state index in [1.165, 1.54) is 0 Å². The van der Waals surface area contributed by atoms with Gasteiger partial charge in [0.05, 0.1) is 0 Å². The Kier molecular flexibility index (Phi) is 2.14. The van der Waals surface area contributed by atoms with E-state index < -0.39 is 0 Å². The van der Waals surface area contributed by atoms with Crippen LogP contribution in [0.3, 0.4) is 0 Å². The molecule has 2 aromatic rings. The maximum absolute atomic E-state index is 10.7. The first kappa shape index (κ1) is 8.78. The lowest BCUT2D eigenvalue weighted by atomic mass is 10.1. The first-order valence-corrected chi connectivity index (χ1v) is 5.21. The summed E-state index contributed by atoms with van der Waals surface area (Å²) in [6.07, 6.45) is 0.881. The molecule has 0 fully saturated rings. The molecule has 0 atom stereocenters. The van der Waals surface area contributed by atoms with E-state index in [1.54, 1.807) is 11.3 Å². The van der Waals surface area contributed by atoms with E-state index in [9.17, 15) is 4.79 Å². The van der Waals surface area contributed by atoms with Gasteiger partial charge in [0.2, 0.25) is 0 Å². The molecule has 2 rings (SSSR count). The monoisotopic (exact) mass is 208 g/mol. The quantitative estimate of drug-likeness (QED) is 0.562. The zero-order valence-corrected chi connectivity index (χ0v) is 8.78. The third-order valence-electron chi connectivity index (χ3n) is 2.15. The van der Waals surface area contributed by atoms with E-state index in [2.05, 4.69) is 12.6 Å². The van der Waals surface area contributed by atoms with E-state index in [1.807, 2.05) is 24.4 Å². The zero-order chi connectivity index (χ0) is 9.42. The van der Waals surface area contributed by atoms with Gasteiger partial charge in [0.15, 0.2) is 0 Å². The van der Waals surface area contributed by atoms with Crippen molar-refractivity contribution < 1.29 is 4.79 Å². The van der Waals surface area contributed by atoms with Gasteiger partial charge in [-0.2, -0.15) is 0 Å². The van der Waals surface area contributed by atoms with Crippen LogP contribution in [0.5, 0.6) is 0 Å². The molecule has 0 aliphatic carbocycles. The standard InChI is InChI=1S/C10H8OS2/c1-6-7(5-11)4-9(12)10-8(6)2-3-13-10/h2-5,12H,1H3. The van der Waals surface area contributed by atoms with Crippen molar-refractivity contribution in [1.82, 2.24) is 0 Å². The fourth-order valence-corrected chi connectivity index (χ4v) is 2.69. The molecule has 1 nitrogen and oxygen atoms in total. The summed E-state index contributed by atoms with van der Waals surface area (Å²) >= 11 is 5.99. The van der Waals surface area contributed by atoms with E-state index >= 15 is 0 Å². The SMILES string of the molecule is Cc1c(C=O)cc(S)c2sccc12. The average molecular weight is 208 g/mol. The zero-order valence-electron chi connectivity index (χ0n) is 7.07. The van der Waals surface area contributed by atoms with Crippen LogP contribution in [-0.4, -0.2) is 6.29 Å². The minimum Gasteiger partial charge on any atom is -0.298 e. The maximum atomic E-state index is 10.7. The summed E-state index contributed by atoms with van der Waals surface area (Å²) in [4.78, 5) is 11.6. The van der Waals surface area contributed by atoms with Crippen LogP contribution in [0.4, 0.5) is 0 Å². The van der Waals surface area contributed by atoms with Crippen molar-refractivity contribution in [3.63, 3.8) is 0 Å². The third-order valence-corrected chi connectivity index (χ3v) is 3.61. The lowest BCUT2D eigenvalue weighted by Crippen LogP contribution is -1.86. The molecule has 0 saturated carbocycles. The van der Waals surface area contributed by atoms with Crippen LogP contribution in [0.25, 0.3) is 10.1 Å². The molecular weight excluding hydrogens is 200 g/mol. The Balaban J connectivity index is 2.93. The largest absolute Gasteiger partial charge is 0.298 e. The molecule has 0 aliphatic rings. The second-order valence-electron chi connectivity index (χ2n) is 2.89. The number of rotatable bonds is 1. The van der Waals surface area contributed by atoms with E-state index in [4.69, 9.17) is 0 Å². The minimum atomic E-state index is 0.732. The molecule has 0 spiro atoms. The fourth-order valence-electron chi connectivity index (χ4n) is 1.40. The first-order chi connectivity index (χ1) is 6.24. The van der Waals surface area contributed by atoms with Gasteiger partial charge < -0.3 is 0 Å². The molecule has 0 N–H and O–H groups in total. The summed E-state index contributed by atoms with van der Waals surface area (Å²) in [5.74, 6) is 0. The first-order valence-electron chi connectivity index (χ1n) is 3.89. The number of thiophene rings is 1. The molecule has 13 heavy (non-hydrogen) atoms. The molecular formula is C10H8OS2. The smallest absolute Gasteiger partial charge is 0.150 e. The summed E-state index contributed by atoms with van der Waals surface area (Å²) in [6.45, 7) is 1.96. The number of benzene rings is 1. The van der Waals surface area contributed by atoms with Crippen LogP contribution < -0.4 is 0 Å². The topological polar surface area (TPSA) is 17.1 Å². The number of fused-ring (bicyclic) bond motifs is 1. The van der Waals surface area contributed by atoms with Crippen molar-refractivity contribution in [2.24, 2.45) is 0 Å². The second-order valence-corrected chi connectivity index (χ2v) is 4.29. The predicted molar refractivity (Wildman–Crippen MR) is 59.2 cm³/mol. The Labute approximate surface area is 85.8 Å². The summed E-state index contributed by atoms with van der Waals surface area (Å²) in [5, 5.41) is 3.16. The highest BCUT2D eigenvalue weighted by Gasteiger charge is 2.06. The van der Waals surface area contributed by atoms with Gasteiger partial charge >= 0.3 is 0 Å². The van der Waals surface area contributed by atoms with Gasteiger partial charge in [0.25, 0.3) is 0 Å². The minimum absolute atomic E-state index is 0.732. The van der Waals surface area contributed by atoms with Gasteiger partial charge in [-0.25, -0.2) is 0 Å². The molecule has 1 aromatic carbocycles. The molecule has 0 radical (unpaired) electrons. The highest BCUT2D eigenvalue weighted by Crippen LogP contribution is 2.31. The third kappa shape index (κ3) is 1.28. The normalized spacial score (nSPS) is 10.6. The fraction of sp³-hybridized carbons (Fsp3) is 0.100. The van der Waals surface area contributed by atoms with Gasteiger partial charge in [-0.1, -0.05) is 0 Å². The van der Waals surface area contributed by atoms with Gasteiger partial charge in [0, 0.05) is 15.2 Å². The molecule has 0 amide bonds. The molecule has 3 heteroatoms. The summed E-state index contributed by atoms with van der Waals surface area (Å²) in [7, 11) is 0. The Morgan fingerprint density at radius 2 is 2.31 bits per heavy atom. The number of hydrogen-bond donors (Lipinski definition) is 1. The Morgan fingerprint density at radius 1 is 1.54 bits per heavy atom. The number of carbonyl (C=O) groups is 1. The number of aryl methyl sites for hydroxylation is 1. The maximum Gasteiger partial charge on any atom is 0.150 e. The van der Waals surface area contributed by atoms with Gasteiger partial charge in [-0.15, -0.1) is 24.0 Å². The number of carbonyl (C=O) groups excluding carboxylic acids is 1. The van der Waals surface area contributed by atoms with Gasteiger partial charge in [-0.05, 0) is 35.4 Å². The van der Waals surface area contributed by atoms with Crippen LogP contribution in [0.15, 0.2) is 22.4 Å². The van der Waals surface area contributed by atoms with Crippen molar-refractivity contribution >= 4 is 40.3 Å². The van der Waals surface area contributed by atoms with E-state index in [0.717, 1.165) is 32.4 Å². The second kappa shape index (κ2) is 3.16. The predicted octanol–water partition coefficient (Wildman–Crippen LogP) is 3.31. The highest BCUT2D eigenvalue weighted by atomic mass is 32.1. The molecule has 0 aliphatic heterocycles. The van der Waals surface area contributed by atoms with Crippen molar-refractivity contribution in [2.45, 2.75) is 11.8 Å². The van der Waals surface area contributed by atoms with Crippen molar-refractivity contribution in [1.29, 1.82) is 0 Å². The Hall–Kier alpha value is -0.800. The number of aldehydes is 1. The molecule has 1 aromatic heterocycles. The van der Waals surface area contributed by atoms with Crippen LogP contribution in [0, 0.1) is 6.92 Å². The van der Waals surface area contributed by atoms with Crippen molar-refractivity contribution in [3.05, 3.63) is 28.6 Å². The number of thiol groups is 1. The summed E-state index contributed by atoms with van der Waals surface area (Å²) in [6, 6.07) is 3.85. The summed E-state index contributed by atoms with van der Waals surface area (Å²) in [5.41, 5.74) is 1.78. The van der Waals surface area contributed by atoms with Crippen LogP contribution >= 0.6 is 24.0 Å². The van der Waals surface area contributed by atoms with E-state index in [0.29, 0.717) is 0 Å². The van der Waals surface area contributed by atoms with Gasteiger partial charge in [0.1, 0.15) is 6.29 Å². The average Bonchev–Trinajstić information content (AvgIpc) is 2.60. The molecule has 0 unspecified atom stereocenters. The number of hydrogen-bond acceptors (Lipinski definition) is 3. The Morgan fingerprint density at radius 3 is 3.00 bits per heavy atom. The van der Waals surface area contributed by atoms with Crippen LogP contribution in [-0.2, 0) is 0 Å². The summed E-state index contributed by atoms with van der Waals surface area (Å²) < 4.78 is 1.16. The van der Waals surface area contributed by atoms with Gasteiger partial charge in [-0.3, -0.25) is 4.79 Å². The van der Waals surface area contributed by atoms with E-state index in [-0.39, 0.29) is 0 Å². The lowest BCUT2D eigenvalue weighted by molar-refractivity contribution is 0.112. The molecule has 0 bridgehead atoms. The molecule has 0 saturated heterocycles. The highest BCUT2D eigenvalue weighted by molar-refractivity contribution is 7.80. The van der Waals surface area contributed by atoms with Crippen molar-refractivity contribution in [3.8, 4) is 0 Å². The van der Waals surface area contributed by atoms with Crippen LogP contribution in [0.1, 0.15) is 15.9 Å². The molecule has 1 heterocycles. The Bertz CT molecular complexity index is 471. The lowest BCUT2D eigenvalue weighted by Gasteiger charge is -2.02.